The van der Waals surface area contributed by atoms with Crippen molar-refractivity contribution < 1.29 is 0 Å². The minimum atomic E-state index is 1.07. The molecular formula is C13H18N2. The number of hydrogen-bond acceptors (Lipinski definition) is 1. The molecule has 2 heteroatoms. The molecule has 80 valence electrons. The van der Waals surface area contributed by atoms with Gasteiger partial charge in [-0.1, -0.05) is 24.6 Å². The second-order valence-corrected chi connectivity index (χ2v) is 4.10. The fourth-order valence-corrected chi connectivity index (χ4v) is 1.92. The van der Waals surface area contributed by atoms with Crippen LogP contribution in [0.3, 0.4) is 0 Å². The number of amidine groups is 1. The summed E-state index contributed by atoms with van der Waals surface area (Å²) in [5.41, 5.74) is 1.07. The number of rotatable bonds is 1. The van der Waals surface area contributed by atoms with E-state index in [0.29, 0.717) is 0 Å². The molecule has 15 heavy (non-hydrogen) atoms. The van der Waals surface area contributed by atoms with Gasteiger partial charge in [-0.15, -0.1) is 0 Å². The Hall–Kier alpha value is -1.31. The fraction of sp³-hybridized carbons (Fsp3) is 0.462. The third kappa shape index (κ3) is 2.82. The van der Waals surface area contributed by atoms with E-state index in [1.807, 2.05) is 18.2 Å². The highest BCUT2D eigenvalue weighted by Crippen LogP contribution is 2.16. The molecule has 0 N–H and O–H groups in total. The van der Waals surface area contributed by atoms with Crippen molar-refractivity contribution in [2.24, 2.45) is 4.99 Å². The van der Waals surface area contributed by atoms with Gasteiger partial charge in [-0.3, -0.25) is 0 Å². The van der Waals surface area contributed by atoms with Crippen molar-refractivity contribution in [2.45, 2.75) is 25.7 Å². The molecule has 1 aromatic rings. The number of likely N-dealkylation sites (tertiary alicyclic amines) is 1. The van der Waals surface area contributed by atoms with Crippen molar-refractivity contribution in [1.29, 1.82) is 0 Å². The number of nitrogens with zero attached hydrogens (tertiary/aromatic N) is 2. The molecule has 1 aliphatic rings. The Morgan fingerprint density at radius 3 is 2.67 bits per heavy atom. The largest absolute Gasteiger partial charge is 0.363 e. The molecule has 0 aliphatic carbocycles. The summed E-state index contributed by atoms with van der Waals surface area (Å²) < 4.78 is 0. The zero-order chi connectivity index (χ0) is 10.5. The maximum atomic E-state index is 4.70. The highest BCUT2D eigenvalue weighted by atomic mass is 15.2. The van der Waals surface area contributed by atoms with E-state index in [1.165, 1.54) is 25.1 Å². The molecule has 2 rings (SSSR count). The maximum Gasteiger partial charge on any atom is 0.105 e. The first kappa shape index (κ1) is 10.2. The first-order chi connectivity index (χ1) is 7.36. The maximum absolute atomic E-state index is 4.70. The van der Waals surface area contributed by atoms with Crippen LogP contribution in [0.15, 0.2) is 35.3 Å². The zero-order valence-electron chi connectivity index (χ0n) is 9.32. The van der Waals surface area contributed by atoms with Crippen molar-refractivity contribution in [2.75, 3.05) is 13.6 Å². The normalized spacial score (nSPS) is 20.3. The van der Waals surface area contributed by atoms with E-state index in [0.717, 1.165) is 18.7 Å². The quantitative estimate of drug-likeness (QED) is 0.682. The van der Waals surface area contributed by atoms with Crippen LogP contribution in [0.5, 0.6) is 0 Å². The number of para-hydroxylation sites is 1. The lowest BCUT2D eigenvalue weighted by Gasteiger charge is -2.17. The smallest absolute Gasteiger partial charge is 0.105 e. The Kier molecular flexibility index (Phi) is 3.38. The molecule has 0 radical (unpaired) electrons. The Balaban J connectivity index is 2.17. The van der Waals surface area contributed by atoms with Gasteiger partial charge in [0.1, 0.15) is 5.84 Å². The molecule has 1 fully saturated rings. The summed E-state index contributed by atoms with van der Waals surface area (Å²) in [4.78, 5) is 6.99. The summed E-state index contributed by atoms with van der Waals surface area (Å²) in [6, 6.07) is 10.2. The lowest BCUT2D eigenvalue weighted by molar-refractivity contribution is 0.494. The van der Waals surface area contributed by atoms with E-state index in [9.17, 15) is 0 Å². The van der Waals surface area contributed by atoms with Gasteiger partial charge in [0.2, 0.25) is 0 Å². The molecule has 0 atom stereocenters. The fourth-order valence-electron chi connectivity index (χ4n) is 1.92. The van der Waals surface area contributed by atoms with E-state index < -0.39 is 0 Å². The predicted molar refractivity (Wildman–Crippen MR) is 64.6 cm³/mol. The minimum Gasteiger partial charge on any atom is -0.363 e. The molecule has 0 aromatic heterocycles. The minimum absolute atomic E-state index is 1.07. The zero-order valence-corrected chi connectivity index (χ0v) is 9.32. The molecular weight excluding hydrogens is 184 g/mol. The van der Waals surface area contributed by atoms with Gasteiger partial charge in [0.15, 0.2) is 0 Å². The van der Waals surface area contributed by atoms with Crippen LogP contribution in [-0.2, 0) is 0 Å². The average molecular weight is 202 g/mol. The second kappa shape index (κ2) is 4.96. The summed E-state index contributed by atoms with van der Waals surface area (Å²) in [6.07, 6.45) is 5.02. The van der Waals surface area contributed by atoms with E-state index in [1.54, 1.807) is 0 Å². The standard InChI is InChI=1S/C13H18N2/c1-15-11-7-3-6-10-13(15)14-12-8-4-2-5-9-12/h2,4-5,8-9H,3,6-7,10-11H2,1H3/b14-13+. The van der Waals surface area contributed by atoms with E-state index >= 15 is 0 Å². The molecule has 1 aliphatic heterocycles. The lowest BCUT2D eigenvalue weighted by atomic mass is 10.2. The Bertz CT molecular complexity index is 330. The van der Waals surface area contributed by atoms with Crippen LogP contribution in [0.4, 0.5) is 5.69 Å². The van der Waals surface area contributed by atoms with Gasteiger partial charge in [-0.2, -0.15) is 0 Å². The average Bonchev–Trinajstić information content (AvgIpc) is 2.46. The van der Waals surface area contributed by atoms with Crippen LogP contribution < -0.4 is 0 Å². The van der Waals surface area contributed by atoms with Crippen LogP contribution in [-0.4, -0.2) is 24.3 Å². The first-order valence-electron chi connectivity index (χ1n) is 5.70. The molecule has 0 unspecified atom stereocenters. The van der Waals surface area contributed by atoms with Crippen molar-refractivity contribution in [1.82, 2.24) is 4.90 Å². The number of benzene rings is 1. The molecule has 2 nitrogen and oxygen atoms in total. The van der Waals surface area contributed by atoms with Crippen LogP contribution in [0.25, 0.3) is 0 Å². The molecule has 0 saturated carbocycles. The van der Waals surface area contributed by atoms with Gasteiger partial charge < -0.3 is 4.90 Å². The number of aliphatic imine (C=N–C) groups is 1. The van der Waals surface area contributed by atoms with E-state index in [4.69, 9.17) is 4.99 Å². The van der Waals surface area contributed by atoms with Crippen molar-refractivity contribution >= 4 is 11.5 Å². The van der Waals surface area contributed by atoms with Crippen molar-refractivity contribution in [3.63, 3.8) is 0 Å². The highest BCUT2D eigenvalue weighted by molar-refractivity contribution is 5.84. The summed E-state index contributed by atoms with van der Waals surface area (Å²) >= 11 is 0. The third-order valence-corrected chi connectivity index (χ3v) is 2.85. The van der Waals surface area contributed by atoms with Gasteiger partial charge in [0.25, 0.3) is 0 Å². The SMILES string of the molecule is CN1CCCCC/C1=N\c1ccccc1. The third-order valence-electron chi connectivity index (χ3n) is 2.85. The van der Waals surface area contributed by atoms with Gasteiger partial charge in [0.05, 0.1) is 5.69 Å². The predicted octanol–water partition coefficient (Wildman–Crippen LogP) is 3.22. The topological polar surface area (TPSA) is 15.6 Å². The molecule has 1 saturated heterocycles. The molecule has 1 heterocycles. The summed E-state index contributed by atoms with van der Waals surface area (Å²) in [7, 11) is 2.15. The van der Waals surface area contributed by atoms with Crippen LogP contribution >= 0.6 is 0 Å². The Morgan fingerprint density at radius 2 is 1.87 bits per heavy atom. The van der Waals surface area contributed by atoms with Crippen LogP contribution in [0.2, 0.25) is 0 Å². The number of hydrogen-bond donors (Lipinski definition) is 0. The first-order valence-corrected chi connectivity index (χ1v) is 5.70. The summed E-state index contributed by atoms with van der Waals surface area (Å²) in [6.45, 7) is 1.14. The summed E-state index contributed by atoms with van der Waals surface area (Å²) in [5.74, 6) is 1.23. The Morgan fingerprint density at radius 1 is 1.07 bits per heavy atom. The van der Waals surface area contributed by atoms with Gasteiger partial charge in [-0.05, 0) is 25.0 Å². The van der Waals surface area contributed by atoms with Crippen LogP contribution in [0, 0.1) is 0 Å². The van der Waals surface area contributed by atoms with Gasteiger partial charge in [-0.25, -0.2) is 4.99 Å². The van der Waals surface area contributed by atoms with Crippen molar-refractivity contribution in [3.05, 3.63) is 30.3 Å². The molecule has 0 amide bonds. The van der Waals surface area contributed by atoms with Gasteiger partial charge in [0, 0.05) is 20.0 Å². The summed E-state index contributed by atoms with van der Waals surface area (Å²) in [5, 5.41) is 0. The molecule has 1 aromatic carbocycles. The lowest BCUT2D eigenvalue weighted by Crippen LogP contribution is -2.25. The second-order valence-electron chi connectivity index (χ2n) is 4.10. The van der Waals surface area contributed by atoms with E-state index in [2.05, 4.69) is 24.1 Å². The monoisotopic (exact) mass is 202 g/mol. The highest BCUT2D eigenvalue weighted by Gasteiger charge is 2.10. The molecule has 0 bridgehead atoms. The van der Waals surface area contributed by atoms with Crippen LogP contribution in [0.1, 0.15) is 25.7 Å². The van der Waals surface area contributed by atoms with Gasteiger partial charge >= 0.3 is 0 Å². The Labute approximate surface area is 91.6 Å². The van der Waals surface area contributed by atoms with E-state index in [-0.39, 0.29) is 0 Å². The van der Waals surface area contributed by atoms with Crippen molar-refractivity contribution in [3.8, 4) is 0 Å². The molecule has 0 spiro atoms.